The lowest BCUT2D eigenvalue weighted by molar-refractivity contribution is 0.0954. The van der Waals surface area contributed by atoms with E-state index in [9.17, 15) is 13.2 Å². The van der Waals surface area contributed by atoms with E-state index in [4.69, 9.17) is 21.1 Å². The summed E-state index contributed by atoms with van der Waals surface area (Å²) in [6.07, 6.45) is 3.21. The van der Waals surface area contributed by atoms with Crippen molar-refractivity contribution in [2.45, 2.75) is 30.6 Å². The second-order valence-electron chi connectivity index (χ2n) is 7.29. The van der Waals surface area contributed by atoms with E-state index in [1.807, 2.05) is 12.1 Å². The molecule has 0 spiro atoms. The zero-order chi connectivity index (χ0) is 22.4. The quantitative estimate of drug-likeness (QED) is 0.643. The molecule has 1 saturated heterocycles. The fraction of sp³-hybridized carbons (Fsp3) is 0.409. The largest absolute Gasteiger partial charge is 0.497 e. The smallest absolute Gasteiger partial charge is 0.251 e. The van der Waals surface area contributed by atoms with Gasteiger partial charge in [-0.15, -0.1) is 0 Å². The maximum atomic E-state index is 13.0. The highest BCUT2D eigenvalue weighted by Crippen LogP contribution is 2.28. The summed E-state index contributed by atoms with van der Waals surface area (Å²) in [5, 5.41) is 2.94. The van der Waals surface area contributed by atoms with Crippen molar-refractivity contribution in [1.29, 1.82) is 0 Å². The van der Waals surface area contributed by atoms with E-state index in [2.05, 4.69) is 5.32 Å². The Labute approximate surface area is 188 Å². The Bertz CT molecular complexity index is 1040. The summed E-state index contributed by atoms with van der Waals surface area (Å²) in [5.41, 5.74) is 1.18. The zero-order valence-electron chi connectivity index (χ0n) is 17.7. The van der Waals surface area contributed by atoms with Crippen molar-refractivity contribution in [3.05, 3.63) is 52.5 Å². The van der Waals surface area contributed by atoms with E-state index in [0.29, 0.717) is 37.6 Å². The van der Waals surface area contributed by atoms with E-state index >= 15 is 0 Å². The molecule has 1 amide bonds. The highest BCUT2D eigenvalue weighted by Gasteiger charge is 2.28. The Kier molecular flexibility index (Phi) is 7.80. The fourth-order valence-corrected chi connectivity index (χ4v) is 5.58. The molecular formula is C22H27ClN2O5S. The van der Waals surface area contributed by atoms with Crippen LogP contribution in [0.25, 0.3) is 0 Å². The number of halogens is 1. The van der Waals surface area contributed by atoms with Gasteiger partial charge in [-0.3, -0.25) is 4.79 Å². The average molecular weight is 467 g/mol. The van der Waals surface area contributed by atoms with Crippen LogP contribution in [0, 0.1) is 0 Å². The molecule has 1 N–H and O–H groups in total. The summed E-state index contributed by atoms with van der Waals surface area (Å²) >= 11 is 6.19. The summed E-state index contributed by atoms with van der Waals surface area (Å²) < 4.78 is 38.0. The monoisotopic (exact) mass is 466 g/mol. The average Bonchev–Trinajstić information content (AvgIpc) is 2.79. The number of ether oxygens (including phenoxy) is 2. The Balaban J connectivity index is 1.69. The Hall–Kier alpha value is -2.29. The molecule has 2 aromatic carbocycles. The molecule has 2 aromatic rings. The lowest BCUT2D eigenvalue weighted by Crippen LogP contribution is -2.36. The molecule has 0 aromatic heterocycles. The summed E-state index contributed by atoms with van der Waals surface area (Å²) in [7, 11) is -0.573. The number of hydrogen-bond donors (Lipinski definition) is 1. The van der Waals surface area contributed by atoms with Gasteiger partial charge in [-0.25, -0.2) is 8.42 Å². The summed E-state index contributed by atoms with van der Waals surface area (Å²) in [5.74, 6) is 1.00. The van der Waals surface area contributed by atoms with Crippen molar-refractivity contribution in [3.63, 3.8) is 0 Å². The minimum Gasteiger partial charge on any atom is -0.497 e. The molecule has 168 valence electrons. The molecule has 0 unspecified atom stereocenters. The first-order chi connectivity index (χ1) is 14.9. The molecule has 1 fully saturated rings. The number of benzene rings is 2. The van der Waals surface area contributed by atoms with E-state index in [0.717, 1.165) is 24.8 Å². The van der Waals surface area contributed by atoms with Crippen LogP contribution in [0.15, 0.2) is 41.3 Å². The van der Waals surface area contributed by atoms with Crippen LogP contribution < -0.4 is 14.8 Å². The van der Waals surface area contributed by atoms with Gasteiger partial charge in [-0.1, -0.05) is 24.1 Å². The molecular weight excluding hydrogens is 440 g/mol. The highest BCUT2D eigenvalue weighted by atomic mass is 35.5. The van der Waals surface area contributed by atoms with Gasteiger partial charge in [0.25, 0.3) is 5.91 Å². The van der Waals surface area contributed by atoms with Crippen LogP contribution in [0.2, 0.25) is 5.02 Å². The Morgan fingerprint density at radius 3 is 2.48 bits per heavy atom. The molecule has 0 bridgehead atoms. The number of amides is 1. The molecule has 0 atom stereocenters. The first kappa shape index (κ1) is 23.4. The maximum Gasteiger partial charge on any atom is 0.251 e. The lowest BCUT2D eigenvalue weighted by Gasteiger charge is -2.26. The first-order valence-corrected chi connectivity index (χ1v) is 12.0. The molecule has 0 aliphatic carbocycles. The molecule has 9 heteroatoms. The van der Waals surface area contributed by atoms with E-state index in [1.165, 1.54) is 22.5 Å². The first-order valence-electron chi connectivity index (χ1n) is 10.2. The van der Waals surface area contributed by atoms with Gasteiger partial charge in [0, 0.05) is 31.3 Å². The number of hydrogen-bond acceptors (Lipinski definition) is 5. The number of carbonyl (C=O) groups is 1. The van der Waals surface area contributed by atoms with Crippen molar-refractivity contribution in [2.24, 2.45) is 0 Å². The SMILES string of the molecule is COc1ccc(CCNC(=O)c2ccc(Cl)c(S(=O)(=O)N3CCCCC3)c2)c(OC)c1. The molecule has 1 aliphatic heterocycles. The number of sulfonamides is 1. The third-order valence-electron chi connectivity index (χ3n) is 5.30. The zero-order valence-corrected chi connectivity index (χ0v) is 19.3. The highest BCUT2D eigenvalue weighted by molar-refractivity contribution is 7.89. The van der Waals surface area contributed by atoms with Crippen LogP contribution >= 0.6 is 11.6 Å². The molecule has 7 nitrogen and oxygen atoms in total. The summed E-state index contributed by atoms with van der Waals surface area (Å²) in [6.45, 7) is 1.30. The topological polar surface area (TPSA) is 84.9 Å². The van der Waals surface area contributed by atoms with Crippen LogP contribution in [-0.2, 0) is 16.4 Å². The predicted octanol–water partition coefficient (Wildman–Crippen LogP) is 3.50. The second kappa shape index (κ2) is 10.3. The third kappa shape index (κ3) is 5.50. The van der Waals surface area contributed by atoms with Gasteiger partial charge >= 0.3 is 0 Å². The number of rotatable bonds is 8. The number of nitrogens with zero attached hydrogens (tertiary/aromatic N) is 1. The van der Waals surface area contributed by atoms with Gasteiger partial charge in [0.05, 0.1) is 19.2 Å². The number of carbonyl (C=O) groups excluding carboxylic acids is 1. The van der Waals surface area contributed by atoms with Crippen LogP contribution in [0.5, 0.6) is 11.5 Å². The van der Waals surface area contributed by atoms with Crippen molar-refractivity contribution < 1.29 is 22.7 Å². The molecule has 1 heterocycles. The van der Waals surface area contributed by atoms with Gasteiger partial charge in [0.2, 0.25) is 10.0 Å². The molecule has 3 rings (SSSR count). The van der Waals surface area contributed by atoms with Crippen molar-refractivity contribution >= 4 is 27.5 Å². The summed E-state index contributed by atoms with van der Waals surface area (Å²) in [6, 6.07) is 9.84. The van der Waals surface area contributed by atoms with Crippen molar-refractivity contribution in [1.82, 2.24) is 9.62 Å². The van der Waals surface area contributed by atoms with Crippen LogP contribution in [-0.4, -0.2) is 52.5 Å². The molecule has 31 heavy (non-hydrogen) atoms. The fourth-order valence-electron chi connectivity index (χ4n) is 3.56. The standard InChI is InChI=1S/C22H27ClN2O5S/c1-29-18-8-6-16(20(15-18)30-2)10-11-24-22(26)17-7-9-19(23)21(14-17)31(27,28)25-12-4-3-5-13-25/h6-9,14-15H,3-5,10-13H2,1-2H3,(H,24,26). The molecule has 0 saturated carbocycles. The van der Waals surface area contributed by atoms with E-state index in [1.54, 1.807) is 20.3 Å². The van der Waals surface area contributed by atoms with Gasteiger partial charge in [-0.05, 0) is 49.1 Å². The van der Waals surface area contributed by atoms with Gasteiger partial charge in [-0.2, -0.15) is 4.31 Å². The number of methoxy groups -OCH3 is 2. The van der Waals surface area contributed by atoms with Crippen LogP contribution in [0.1, 0.15) is 35.2 Å². The Morgan fingerprint density at radius 2 is 1.81 bits per heavy atom. The third-order valence-corrected chi connectivity index (χ3v) is 7.68. The maximum absolute atomic E-state index is 13.0. The number of nitrogens with one attached hydrogen (secondary N) is 1. The number of piperidine rings is 1. The Morgan fingerprint density at radius 1 is 1.06 bits per heavy atom. The predicted molar refractivity (Wildman–Crippen MR) is 120 cm³/mol. The van der Waals surface area contributed by atoms with Crippen molar-refractivity contribution in [3.8, 4) is 11.5 Å². The normalized spacial score (nSPS) is 14.8. The van der Waals surface area contributed by atoms with Gasteiger partial charge in [0.1, 0.15) is 16.4 Å². The van der Waals surface area contributed by atoms with Crippen LogP contribution in [0.4, 0.5) is 0 Å². The lowest BCUT2D eigenvalue weighted by atomic mass is 10.1. The van der Waals surface area contributed by atoms with Crippen LogP contribution in [0.3, 0.4) is 0 Å². The minimum absolute atomic E-state index is 0.0273. The van der Waals surface area contributed by atoms with Gasteiger partial charge < -0.3 is 14.8 Å². The second-order valence-corrected chi connectivity index (χ2v) is 9.61. The summed E-state index contributed by atoms with van der Waals surface area (Å²) in [4.78, 5) is 12.6. The minimum atomic E-state index is -3.73. The van der Waals surface area contributed by atoms with Crippen molar-refractivity contribution in [2.75, 3.05) is 33.9 Å². The van der Waals surface area contributed by atoms with E-state index in [-0.39, 0.29) is 21.4 Å². The van der Waals surface area contributed by atoms with E-state index < -0.39 is 10.0 Å². The van der Waals surface area contributed by atoms with Gasteiger partial charge in [0.15, 0.2) is 0 Å². The molecule has 0 radical (unpaired) electrons. The molecule has 1 aliphatic rings.